The first-order chi connectivity index (χ1) is 15.8. The zero-order chi connectivity index (χ0) is 25.6. The SMILES string of the molecule is CCc1ccccc1N(CC(=O)N(Cc1ccc(Cl)cc1Cl)[C@@H](C)C(=O)NC(C)C)S(C)(=O)=O. The summed E-state index contributed by atoms with van der Waals surface area (Å²) in [5, 5.41) is 3.59. The van der Waals surface area contributed by atoms with Gasteiger partial charge in [0.15, 0.2) is 0 Å². The number of carbonyl (C=O) groups excluding carboxylic acids is 2. The summed E-state index contributed by atoms with van der Waals surface area (Å²) in [4.78, 5) is 27.7. The van der Waals surface area contributed by atoms with Crippen molar-refractivity contribution < 1.29 is 18.0 Å². The molecule has 2 rings (SSSR count). The van der Waals surface area contributed by atoms with Crippen molar-refractivity contribution in [3.05, 3.63) is 63.6 Å². The molecule has 0 bridgehead atoms. The lowest BCUT2D eigenvalue weighted by molar-refractivity contribution is -0.139. The van der Waals surface area contributed by atoms with E-state index in [4.69, 9.17) is 23.2 Å². The lowest BCUT2D eigenvalue weighted by Gasteiger charge is -2.32. The van der Waals surface area contributed by atoms with Gasteiger partial charge in [0.2, 0.25) is 21.8 Å². The Balaban J connectivity index is 2.46. The fraction of sp³-hybridized carbons (Fsp3) is 0.417. The minimum Gasteiger partial charge on any atom is -0.352 e. The maximum atomic E-state index is 13.6. The van der Waals surface area contributed by atoms with E-state index in [1.165, 1.54) is 4.90 Å². The molecular formula is C24H31Cl2N3O4S. The summed E-state index contributed by atoms with van der Waals surface area (Å²) >= 11 is 12.3. The molecule has 0 aliphatic rings. The predicted molar refractivity (Wildman–Crippen MR) is 138 cm³/mol. The Morgan fingerprint density at radius 1 is 1.03 bits per heavy atom. The second-order valence-corrected chi connectivity index (χ2v) is 11.1. The first kappa shape index (κ1) is 28.0. The summed E-state index contributed by atoms with van der Waals surface area (Å²) in [6, 6.07) is 10.9. The molecule has 0 aromatic heterocycles. The average Bonchev–Trinajstić information content (AvgIpc) is 2.75. The van der Waals surface area contributed by atoms with Crippen LogP contribution in [0.4, 0.5) is 5.69 Å². The van der Waals surface area contributed by atoms with Crippen LogP contribution >= 0.6 is 23.2 Å². The minimum atomic E-state index is -3.79. The maximum Gasteiger partial charge on any atom is 0.244 e. The Hall–Kier alpha value is -2.29. The van der Waals surface area contributed by atoms with Gasteiger partial charge in [-0.05, 0) is 56.5 Å². The number of carbonyl (C=O) groups is 2. The van der Waals surface area contributed by atoms with Crippen LogP contribution in [-0.4, -0.2) is 50.0 Å². The summed E-state index contributed by atoms with van der Waals surface area (Å²) < 4.78 is 26.5. The van der Waals surface area contributed by atoms with Crippen LogP contribution in [0.3, 0.4) is 0 Å². The molecule has 7 nitrogen and oxygen atoms in total. The van der Waals surface area contributed by atoms with E-state index in [0.29, 0.717) is 27.7 Å². The smallest absolute Gasteiger partial charge is 0.244 e. The Morgan fingerprint density at radius 2 is 1.68 bits per heavy atom. The highest BCUT2D eigenvalue weighted by Gasteiger charge is 2.31. The molecular weight excluding hydrogens is 497 g/mol. The quantitative estimate of drug-likeness (QED) is 0.499. The highest BCUT2D eigenvalue weighted by Crippen LogP contribution is 2.26. The van der Waals surface area contributed by atoms with Crippen molar-refractivity contribution in [1.82, 2.24) is 10.2 Å². The summed E-state index contributed by atoms with van der Waals surface area (Å²) in [5.74, 6) is -0.887. The minimum absolute atomic E-state index is 0.00848. The third-order valence-corrected chi connectivity index (χ3v) is 6.99. The monoisotopic (exact) mass is 527 g/mol. The zero-order valence-corrected chi connectivity index (χ0v) is 22.3. The molecule has 0 aliphatic carbocycles. The number of amides is 2. The zero-order valence-electron chi connectivity index (χ0n) is 20.0. The van der Waals surface area contributed by atoms with Crippen molar-refractivity contribution in [3.63, 3.8) is 0 Å². The largest absolute Gasteiger partial charge is 0.352 e. The Morgan fingerprint density at radius 3 is 2.24 bits per heavy atom. The van der Waals surface area contributed by atoms with Crippen LogP contribution in [0.2, 0.25) is 10.0 Å². The van der Waals surface area contributed by atoms with Crippen LogP contribution in [0, 0.1) is 0 Å². The molecule has 0 fully saturated rings. The molecule has 10 heteroatoms. The Bertz CT molecular complexity index is 1140. The molecule has 0 saturated carbocycles. The van der Waals surface area contributed by atoms with Crippen LogP contribution in [0.5, 0.6) is 0 Å². The summed E-state index contributed by atoms with van der Waals surface area (Å²) in [6.45, 7) is 6.70. The van der Waals surface area contributed by atoms with Gasteiger partial charge < -0.3 is 10.2 Å². The van der Waals surface area contributed by atoms with E-state index < -0.39 is 28.5 Å². The molecule has 0 aliphatic heterocycles. The summed E-state index contributed by atoms with van der Waals surface area (Å²) in [5.41, 5.74) is 1.81. The lowest BCUT2D eigenvalue weighted by atomic mass is 10.1. The van der Waals surface area contributed by atoms with Gasteiger partial charge in [-0.25, -0.2) is 8.42 Å². The topological polar surface area (TPSA) is 86.8 Å². The Labute approximate surface area is 212 Å². The number of aryl methyl sites for hydroxylation is 1. The number of hydrogen-bond acceptors (Lipinski definition) is 4. The number of halogens is 2. The lowest BCUT2D eigenvalue weighted by Crippen LogP contribution is -2.52. The maximum absolute atomic E-state index is 13.6. The number of para-hydroxylation sites is 1. The molecule has 34 heavy (non-hydrogen) atoms. The van der Waals surface area contributed by atoms with Gasteiger partial charge in [-0.15, -0.1) is 0 Å². The van der Waals surface area contributed by atoms with Gasteiger partial charge in [-0.3, -0.25) is 13.9 Å². The second kappa shape index (κ2) is 11.9. The molecule has 0 heterocycles. The van der Waals surface area contributed by atoms with Gasteiger partial charge in [-0.1, -0.05) is 54.4 Å². The van der Waals surface area contributed by atoms with Crippen LogP contribution < -0.4 is 9.62 Å². The third-order valence-electron chi connectivity index (χ3n) is 5.27. The van der Waals surface area contributed by atoms with E-state index in [0.717, 1.165) is 16.1 Å². The number of nitrogens with zero attached hydrogens (tertiary/aromatic N) is 2. The highest BCUT2D eigenvalue weighted by atomic mass is 35.5. The summed E-state index contributed by atoms with van der Waals surface area (Å²) in [7, 11) is -3.79. The predicted octanol–water partition coefficient (Wildman–Crippen LogP) is 4.26. The number of sulfonamides is 1. The van der Waals surface area contributed by atoms with Crippen molar-refractivity contribution in [2.75, 3.05) is 17.1 Å². The summed E-state index contributed by atoms with van der Waals surface area (Å²) in [6.07, 6.45) is 1.65. The number of nitrogens with one attached hydrogen (secondary N) is 1. The fourth-order valence-corrected chi connectivity index (χ4v) is 4.82. The number of rotatable bonds is 10. The second-order valence-electron chi connectivity index (χ2n) is 8.35. The van der Waals surface area contributed by atoms with E-state index in [9.17, 15) is 18.0 Å². The van der Waals surface area contributed by atoms with Crippen molar-refractivity contribution in [2.24, 2.45) is 0 Å². The third kappa shape index (κ3) is 7.35. The molecule has 2 aromatic carbocycles. The van der Waals surface area contributed by atoms with Crippen LogP contribution in [0.1, 0.15) is 38.8 Å². The molecule has 0 spiro atoms. The molecule has 0 saturated heterocycles. The van der Waals surface area contributed by atoms with Crippen molar-refractivity contribution in [2.45, 2.75) is 52.7 Å². The van der Waals surface area contributed by atoms with Crippen molar-refractivity contribution in [3.8, 4) is 0 Å². The van der Waals surface area contributed by atoms with Crippen LogP contribution in [-0.2, 0) is 32.6 Å². The van der Waals surface area contributed by atoms with E-state index in [2.05, 4.69) is 5.32 Å². The normalized spacial score (nSPS) is 12.4. The van der Waals surface area contributed by atoms with Crippen molar-refractivity contribution >= 4 is 50.7 Å². The molecule has 186 valence electrons. The van der Waals surface area contributed by atoms with Gasteiger partial charge in [-0.2, -0.15) is 0 Å². The fourth-order valence-electron chi connectivity index (χ4n) is 3.47. The Kier molecular flexibility index (Phi) is 9.79. The van der Waals surface area contributed by atoms with Gasteiger partial charge in [0.1, 0.15) is 12.6 Å². The molecule has 1 N–H and O–H groups in total. The molecule has 0 radical (unpaired) electrons. The van der Waals surface area contributed by atoms with Gasteiger partial charge in [0.05, 0.1) is 11.9 Å². The molecule has 2 amide bonds. The first-order valence-electron chi connectivity index (χ1n) is 10.9. The van der Waals surface area contributed by atoms with Crippen LogP contribution in [0.25, 0.3) is 0 Å². The first-order valence-corrected chi connectivity index (χ1v) is 13.5. The molecule has 0 unspecified atom stereocenters. The average molecular weight is 529 g/mol. The molecule has 2 aromatic rings. The van der Waals surface area contributed by atoms with Crippen LogP contribution in [0.15, 0.2) is 42.5 Å². The van der Waals surface area contributed by atoms with E-state index in [1.54, 1.807) is 37.3 Å². The number of anilines is 1. The standard InChI is InChI=1S/C24H31Cl2N3O4S/c1-6-18-9-7-8-10-22(18)29(34(5,32)33)15-23(30)28(17(4)24(31)27-16(2)3)14-19-11-12-20(25)13-21(19)26/h7-13,16-17H,6,14-15H2,1-5H3,(H,27,31)/t17-/m0/s1. The molecule has 1 atom stereocenters. The van der Waals surface area contributed by atoms with E-state index in [-0.39, 0.29) is 18.5 Å². The number of hydrogen-bond donors (Lipinski definition) is 1. The van der Waals surface area contributed by atoms with E-state index in [1.807, 2.05) is 32.9 Å². The number of benzene rings is 2. The van der Waals surface area contributed by atoms with Gasteiger partial charge in [0, 0.05) is 22.6 Å². The van der Waals surface area contributed by atoms with Crippen molar-refractivity contribution in [1.29, 1.82) is 0 Å². The van der Waals surface area contributed by atoms with Gasteiger partial charge in [0.25, 0.3) is 0 Å². The van der Waals surface area contributed by atoms with Gasteiger partial charge >= 0.3 is 0 Å². The highest BCUT2D eigenvalue weighted by molar-refractivity contribution is 7.92. The van der Waals surface area contributed by atoms with E-state index >= 15 is 0 Å².